The molecule has 1 heterocycles. The van der Waals surface area contributed by atoms with E-state index >= 15 is 0 Å². The lowest BCUT2D eigenvalue weighted by Gasteiger charge is -2.35. The highest BCUT2D eigenvalue weighted by molar-refractivity contribution is 5.78. The summed E-state index contributed by atoms with van der Waals surface area (Å²) in [5, 5.41) is 9.01. The monoisotopic (exact) mass is 565 g/mol. The molecule has 0 bridgehead atoms. The van der Waals surface area contributed by atoms with Crippen molar-refractivity contribution in [1.29, 1.82) is 0 Å². The predicted molar refractivity (Wildman–Crippen MR) is 163 cm³/mol. The molecule has 0 saturated carbocycles. The number of esters is 1. The number of hydrogen-bond acceptors (Lipinski definition) is 7. The second-order valence-electron chi connectivity index (χ2n) is 10.8. The van der Waals surface area contributed by atoms with Gasteiger partial charge in [-0.15, -0.1) is 0 Å². The number of piperazine rings is 1. The van der Waals surface area contributed by atoms with E-state index in [-0.39, 0.29) is 25.1 Å². The van der Waals surface area contributed by atoms with Crippen LogP contribution in [0.25, 0.3) is 0 Å². The maximum absolute atomic E-state index is 12.9. The maximum Gasteiger partial charge on any atom is 0.305 e. The number of nitrogens with zero attached hydrogens (tertiary/aromatic N) is 3. The largest absolute Gasteiger partial charge is 0.464 e. The van der Waals surface area contributed by atoms with Gasteiger partial charge in [0.2, 0.25) is 5.91 Å². The van der Waals surface area contributed by atoms with Crippen LogP contribution in [0.1, 0.15) is 90.4 Å². The molecule has 1 aliphatic rings. The van der Waals surface area contributed by atoms with Crippen LogP contribution in [0, 0.1) is 0 Å². The summed E-state index contributed by atoms with van der Waals surface area (Å²) in [5.74, 6) is -0.130. The molecule has 0 radical (unpaired) electrons. The fraction of sp³-hybridized carbons (Fsp3) is 0.812. The zero-order chi connectivity index (χ0) is 29.1. The van der Waals surface area contributed by atoms with Gasteiger partial charge in [0, 0.05) is 59.4 Å². The molecular weight excluding hydrogens is 506 g/mol. The summed E-state index contributed by atoms with van der Waals surface area (Å²) < 4.78 is 10.6. The van der Waals surface area contributed by atoms with Crippen LogP contribution in [-0.2, 0) is 19.1 Å². The Labute approximate surface area is 244 Å². The van der Waals surface area contributed by atoms with Crippen LogP contribution in [0.4, 0.5) is 0 Å². The number of unbranched alkanes of at least 4 members (excludes halogenated alkanes) is 8. The quantitative estimate of drug-likeness (QED) is 0.0966. The van der Waals surface area contributed by atoms with E-state index in [0.29, 0.717) is 32.7 Å². The van der Waals surface area contributed by atoms with Crippen LogP contribution in [0.3, 0.4) is 0 Å². The van der Waals surface area contributed by atoms with E-state index < -0.39 is 0 Å². The first-order valence-corrected chi connectivity index (χ1v) is 15.9. The summed E-state index contributed by atoms with van der Waals surface area (Å²) in [7, 11) is 1.62. The Bertz CT molecular complexity index is 677. The number of carbonyl (C=O) groups excluding carboxylic acids is 2. The first-order chi connectivity index (χ1) is 19.6. The second kappa shape index (κ2) is 26.2. The summed E-state index contributed by atoms with van der Waals surface area (Å²) in [5.41, 5.74) is 0. The van der Waals surface area contributed by atoms with Crippen molar-refractivity contribution in [2.45, 2.75) is 90.4 Å². The normalized spacial score (nSPS) is 14.9. The van der Waals surface area contributed by atoms with Crippen LogP contribution >= 0.6 is 0 Å². The third-order valence-electron chi connectivity index (χ3n) is 7.33. The van der Waals surface area contributed by atoms with Gasteiger partial charge in [-0.05, 0) is 44.9 Å². The van der Waals surface area contributed by atoms with Crippen LogP contribution in [-0.4, -0.2) is 111 Å². The number of carbonyl (C=O) groups is 2. The molecule has 0 unspecified atom stereocenters. The summed E-state index contributed by atoms with van der Waals surface area (Å²) in [6.07, 6.45) is 23.1. The SMILES string of the molecule is CCCCC/C=C\C/C=C\CCCCCCCC(=O)OCCN(CCOC)C(=O)CN1CCN(CCCO)CC1. The minimum atomic E-state index is -0.177. The number of rotatable bonds is 25. The molecule has 0 aromatic heterocycles. The lowest BCUT2D eigenvalue weighted by molar-refractivity contribution is -0.146. The van der Waals surface area contributed by atoms with E-state index in [1.54, 1.807) is 12.0 Å². The van der Waals surface area contributed by atoms with E-state index in [1.807, 2.05) is 0 Å². The van der Waals surface area contributed by atoms with Crippen molar-refractivity contribution in [1.82, 2.24) is 14.7 Å². The third kappa shape index (κ3) is 20.2. The average Bonchev–Trinajstić information content (AvgIpc) is 2.96. The number of aliphatic hydroxyl groups is 1. The van der Waals surface area contributed by atoms with E-state index in [9.17, 15) is 9.59 Å². The van der Waals surface area contributed by atoms with E-state index in [4.69, 9.17) is 14.6 Å². The lowest BCUT2D eigenvalue weighted by atomic mass is 10.1. The maximum atomic E-state index is 12.9. The average molecular weight is 566 g/mol. The predicted octanol–water partition coefficient (Wildman–Crippen LogP) is 4.82. The molecule has 8 nitrogen and oxygen atoms in total. The molecule has 0 atom stereocenters. The van der Waals surface area contributed by atoms with E-state index in [1.165, 1.54) is 38.5 Å². The fourth-order valence-electron chi connectivity index (χ4n) is 4.74. The van der Waals surface area contributed by atoms with Gasteiger partial charge in [0.1, 0.15) is 6.61 Å². The highest BCUT2D eigenvalue weighted by Crippen LogP contribution is 2.09. The Hall–Kier alpha value is -1.74. The number of aliphatic hydroxyl groups excluding tert-OH is 1. The smallest absolute Gasteiger partial charge is 0.305 e. The molecular formula is C32H59N3O5. The Balaban J connectivity index is 2.10. The summed E-state index contributed by atoms with van der Waals surface area (Å²) in [6, 6.07) is 0. The van der Waals surface area contributed by atoms with Gasteiger partial charge in [-0.1, -0.05) is 63.3 Å². The minimum absolute atomic E-state index is 0.0469. The van der Waals surface area contributed by atoms with Gasteiger partial charge in [0.05, 0.1) is 19.7 Å². The second-order valence-corrected chi connectivity index (χ2v) is 10.8. The molecule has 0 spiro atoms. The standard InChI is InChI=1S/C32H59N3O5/c1-3-4-5-6-7-8-9-10-11-12-13-14-15-16-17-19-32(38)40-29-26-35(25-28-39-2)31(37)30-34-23-21-33(22-24-34)20-18-27-36/h7-8,10-11,36H,3-6,9,12-30H2,1-2H3/b8-7-,11-10-. The minimum Gasteiger partial charge on any atom is -0.464 e. The van der Waals surface area contributed by atoms with Gasteiger partial charge in [-0.25, -0.2) is 0 Å². The topological polar surface area (TPSA) is 82.5 Å². The van der Waals surface area contributed by atoms with Crippen molar-refractivity contribution in [3.8, 4) is 0 Å². The molecule has 0 aromatic rings. The van der Waals surface area contributed by atoms with Gasteiger partial charge in [-0.3, -0.25) is 14.5 Å². The van der Waals surface area contributed by atoms with Crippen LogP contribution < -0.4 is 0 Å². The summed E-state index contributed by atoms with van der Waals surface area (Å²) in [6.45, 7) is 8.82. The Morgan fingerprint density at radius 2 is 1.43 bits per heavy atom. The van der Waals surface area contributed by atoms with Crippen molar-refractivity contribution >= 4 is 11.9 Å². The molecule has 1 amide bonds. The Kier molecular flexibility index (Phi) is 23.7. The lowest BCUT2D eigenvalue weighted by Crippen LogP contribution is -2.51. The van der Waals surface area contributed by atoms with Gasteiger partial charge in [-0.2, -0.15) is 0 Å². The van der Waals surface area contributed by atoms with Crippen molar-refractivity contribution in [3.05, 3.63) is 24.3 Å². The van der Waals surface area contributed by atoms with E-state index in [2.05, 4.69) is 41.0 Å². The van der Waals surface area contributed by atoms with Crippen molar-refractivity contribution in [2.75, 3.05) is 79.3 Å². The molecule has 0 aliphatic carbocycles. The summed E-state index contributed by atoms with van der Waals surface area (Å²) in [4.78, 5) is 31.3. The number of allylic oxidation sites excluding steroid dienone is 4. The van der Waals surface area contributed by atoms with Crippen molar-refractivity contribution in [3.63, 3.8) is 0 Å². The number of amides is 1. The zero-order valence-electron chi connectivity index (χ0n) is 25.7. The Morgan fingerprint density at radius 1 is 0.800 bits per heavy atom. The molecule has 1 fully saturated rings. The first-order valence-electron chi connectivity index (χ1n) is 15.9. The fourth-order valence-corrected chi connectivity index (χ4v) is 4.74. The molecule has 8 heteroatoms. The van der Waals surface area contributed by atoms with Gasteiger partial charge in [0.25, 0.3) is 0 Å². The van der Waals surface area contributed by atoms with Gasteiger partial charge in [0.15, 0.2) is 0 Å². The molecule has 40 heavy (non-hydrogen) atoms. The summed E-state index contributed by atoms with van der Waals surface area (Å²) >= 11 is 0. The van der Waals surface area contributed by atoms with Crippen LogP contribution in [0.15, 0.2) is 24.3 Å². The van der Waals surface area contributed by atoms with Crippen LogP contribution in [0.5, 0.6) is 0 Å². The molecule has 0 aromatic carbocycles. The molecule has 1 aliphatic heterocycles. The van der Waals surface area contributed by atoms with E-state index in [0.717, 1.165) is 71.2 Å². The zero-order valence-corrected chi connectivity index (χ0v) is 25.7. The van der Waals surface area contributed by atoms with Crippen LogP contribution in [0.2, 0.25) is 0 Å². The Morgan fingerprint density at radius 3 is 2.10 bits per heavy atom. The third-order valence-corrected chi connectivity index (χ3v) is 7.33. The molecule has 1 N–H and O–H groups in total. The van der Waals surface area contributed by atoms with Crippen molar-refractivity contribution in [2.24, 2.45) is 0 Å². The van der Waals surface area contributed by atoms with Crippen molar-refractivity contribution < 1.29 is 24.2 Å². The highest BCUT2D eigenvalue weighted by Gasteiger charge is 2.21. The number of hydrogen-bond donors (Lipinski definition) is 1. The first kappa shape index (κ1) is 36.3. The number of ether oxygens (including phenoxy) is 2. The van der Waals surface area contributed by atoms with Gasteiger partial charge >= 0.3 is 5.97 Å². The molecule has 1 rings (SSSR count). The highest BCUT2D eigenvalue weighted by atomic mass is 16.5. The van der Waals surface area contributed by atoms with Gasteiger partial charge < -0.3 is 24.4 Å². The molecule has 232 valence electrons. The molecule has 1 saturated heterocycles. The number of methoxy groups -OCH3 is 1.